The van der Waals surface area contributed by atoms with Gasteiger partial charge in [-0.25, -0.2) is 4.79 Å². The Bertz CT molecular complexity index is 1240. The van der Waals surface area contributed by atoms with Crippen LogP contribution in [-0.4, -0.2) is 33.6 Å². The second-order valence-corrected chi connectivity index (χ2v) is 6.84. The van der Waals surface area contributed by atoms with Crippen molar-refractivity contribution >= 4 is 16.9 Å². The van der Waals surface area contributed by atoms with Gasteiger partial charge in [0.15, 0.2) is 0 Å². The molecule has 9 heteroatoms. The highest BCUT2D eigenvalue weighted by Gasteiger charge is 2.31. The van der Waals surface area contributed by atoms with Crippen molar-refractivity contribution in [1.82, 2.24) is 9.55 Å². The monoisotopic (exact) mass is 442 g/mol. The van der Waals surface area contributed by atoms with E-state index in [-0.39, 0.29) is 24.6 Å². The van der Waals surface area contributed by atoms with Gasteiger partial charge in [-0.15, -0.1) is 13.2 Å². The molecule has 0 aliphatic heterocycles. The predicted octanol–water partition coefficient (Wildman–Crippen LogP) is 5.38. The molecule has 2 aromatic heterocycles. The Balaban J connectivity index is 1.51. The lowest BCUT2D eigenvalue weighted by molar-refractivity contribution is -0.274. The minimum atomic E-state index is -4.76. The maximum Gasteiger partial charge on any atom is 0.573 e. The van der Waals surface area contributed by atoms with Crippen LogP contribution in [0.5, 0.6) is 11.5 Å². The molecule has 2 heterocycles. The SMILES string of the molecule is O=C(O)c1cc2cc(-c3ccccn3)ccc2n1CCOc1ccc(OC(F)(F)F)cc1. The number of halogens is 3. The van der Waals surface area contributed by atoms with E-state index >= 15 is 0 Å². The fraction of sp³-hybridized carbons (Fsp3) is 0.130. The van der Waals surface area contributed by atoms with E-state index in [0.29, 0.717) is 5.75 Å². The highest BCUT2D eigenvalue weighted by Crippen LogP contribution is 2.27. The van der Waals surface area contributed by atoms with E-state index in [1.54, 1.807) is 16.8 Å². The molecule has 0 amide bonds. The number of aromatic nitrogens is 2. The van der Waals surface area contributed by atoms with Gasteiger partial charge in [0.25, 0.3) is 0 Å². The lowest BCUT2D eigenvalue weighted by atomic mass is 10.1. The van der Waals surface area contributed by atoms with Crippen LogP contribution in [-0.2, 0) is 6.54 Å². The van der Waals surface area contributed by atoms with E-state index < -0.39 is 12.3 Å². The van der Waals surface area contributed by atoms with Crippen LogP contribution >= 0.6 is 0 Å². The molecule has 0 radical (unpaired) electrons. The summed E-state index contributed by atoms with van der Waals surface area (Å²) in [7, 11) is 0. The van der Waals surface area contributed by atoms with Gasteiger partial charge >= 0.3 is 12.3 Å². The second kappa shape index (κ2) is 8.62. The number of carbonyl (C=O) groups is 1. The van der Waals surface area contributed by atoms with Crippen molar-refractivity contribution in [3.8, 4) is 22.8 Å². The molecule has 164 valence electrons. The van der Waals surface area contributed by atoms with Gasteiger partial charge in [0.2, 0.25) is 0 Å². The first kappa shape index (κ1) is 21.2. The standard InChI is InChI=1S/C23H17F3N2O4/c24-23(25,26)32-18-7-5-17(6-8-18)31-12-11-28-20-9-4-15(19-3-1-2-10-27-19)13-16(20)14-21(28)22(29)30/h1-10,13-14H,11-12H2,(H,29,30). The summed E-state index contributed by atoms with van der Waals surface area (Å²) in [4.78, 5) is 16.1. The van der Waals surface area contributed by atoms with Crippen molar-refractivity contribution in [2.24, 2.45) is 0 Å². The number of carboxylic acids is 1. The van der Waals surface area contributed by atoms with Gasteiger partial charge in [-0.1, -0.05) is 12.1 Å². The van der Waals surface area contributed by atoms with Crippen LogP contribution in [0.1, 0.15) is 10.5 Å². The molecule has 0 fully saturated rings. The van der Waals surface area contributed by atoms with Crippen molar-refractivity contribution in [2.45, 2.75) is 12.9 Å². The second-order valence-electron chi connectivity index (χ2n) is 6.84. The van der Waals surface area contributed by atoms with E-state index in [1.165, 1.54) is 12.1 Å². The summed E-state index contributed by atoms with van der Waals surface area (Å²) in [6, 6.07) is 17.7. The van der Waals surface area contributed by atoms with E-state index in [2.05, 4.69) is 9.72 Å². The number of carboxylic acid groups (broad SMARTS) is 1. The molecular weight excluding hydrogens is 425 g/mol. The Kier molecular flexibility index (Phi) is 5.72. The zero-order valence-corrected chi connectivity index (χ0v) is 16.5. The number of hydrogen-bond donors (Lipinski definition) is 1. The molecule has 0 saturated carbocycles. The minimum absolute atomic E-state index is 0.107. The van der Waals surface area contributed by atoms with Crippen LogP contribution in [0.15, 0.2) is 72.9 Å². The maximum absolute atomic E-state index is 12.2. The normalized spacial score (nSPS) is 11.5. The molecule has 0 spiro atoms. The number of hydrogen-bond acceptors (Lipinski definition) is 4. The molecule has 0 saturated heterocycles. The lowest BCUT2D eigenvalue weighted by Crippen LogP contribution is -2.17. The van der Waals surface area contributed by atoms with E-state index in [1.807, 2.05) is 36.4 Å². The molecule has 0 atom stereocenters. The van der Waals surface area contributed by atoms with Gasteiger partial charge in [-0.05, 0) is 54.6 Å². The summed E-state index contributed by atoms with van der Waals surface area (Å²) in [6.45, 7) is 0.348. The summed E-state index contributed by atoms with van der Waals surface area (Å²) in [5.41, 5.74) is 2.47. The van der Waals surface area contributed by atoms with E-state index in [4.69, 9.17) is 4.74 Å². The third-order valence-corrected chi connectivity index (χ3v) is 4.72. The third-order valence-electron chi connectivity index (χ3n) is 4.72. The first-order chi connectivity index (χ1) is 15.3. The van der Waals surface area contributed by atoms with Crippen LogP contribution < -0.4 is 9.47 Å². The largest absolute Gasteiger partial charge is 0.573 e. The molecule has 1 N–H and O–H groups in total. The van der Waals surface area contributed by atoms with Crippen molar-refractivity contribution in [2.75, 3.05) is 6.61 Å². The fourth-order valence-electron chi connectivity index (χ4n) is 3.37. The van der Waals surface area contributed by atoms with Crippen molar-refractivity contribution in [1.29, 1.82) is 0 Å². The summed E-state index contributed by atoms with van der Waals surface area (Å²) in [6.07, 6.45) is -3.08. The van der Waals surface area contributed by atoms with E-state index in [9.17, 15) is 23.1 Å². The van der Waals surface area contributed by atoms with Crippen LogP contribution in [0.4, 0.5) is 13.2 Å². The van der Waals surface area contributed by atoms with E-state index in [0.717, 1.165) is 34.3 Å². The Morgan fingerprint density at radius 2 is 1.75 bits per heavy atom. The van der Waals surface area contributed by atoms with Gasteiger partial charge in [0.1, 0.15) is 23.8 Å². The molecule has 0 bridgehead atoms. The van der Waals surface area contributed by atoms with Crippen molar-refractivity contribution in [3.05, 3.63) is 78.6 Å². The first-order valence-corrected chi connectivity index (χ1v) is 9.57. The minimum Gasteiger partial charge on any atom is -0.492 e. The number of pyridine rings is 1. The Morgan fingerprint density at radius 3 is 2.41 bits per heavy atom. The van der Waals surface area contributed by atoms with Crippen LogP contribution in [0.3, 0.4) is 0 Å². The molecule has 32 heavy (non-hydrogen) atoms. The zero-order chi connectivity index (χ0) is 22.7. The molecule has 4 aromatic rings. The first-order valence-electron chi connectivity index (χ1n) is 9.57. The van der Waals surface area contributed by atoms with Gasteiger partial charge in [0, 0.05) is 22.7 Å². The summed E-state index contributed by atoms with van der Waals surface area (Å²) in [5, 5.41) is 10.4. The number of ether oxygens (including phenoxy) is 2. The Labute approximate surface area is 180 Å². The molecule has 0 aliphatic carbocycles. The quantitative estimate of drug-likeness (QED) is 0.416. The summed E-state index contributed by atoms with van der Waals surface area (Å²) < 4.78 is 47.8. The zero-order valence-electron chi connectivity index (χ0n) is 16.5. The third kappa shape index (κ3) is 4.83. The van der Waals surface area contributed by atoms with Crippen molar-refractivity contribution < 1.29 is 32.5 Å². The topological polar surface area (TPSA) is 73.6 Å². The highest BCUT2D eigenvalue weighted by molar-refractivity contribution is 5.96. The van der Waals surface area contributed by atoms with Crippen LogP contribution in [0, 0.1) is 0 Å². The van der Waals surface area contributed by atoms with Gasteiger partial charge in [-0.3, -0.25) is 4.98 Å². The van der Waals surface area contributed by atoms with Gasteiger partial charge in [-0.2, -0.15) is 0 Å². The van der Waals surface area contributed by atoms with Crippen LogP contribution in [0.2, 0.25) is 0 Å². The molecule has 2 aromatic carbocycles. The number of aromatic carboxylic acids is 1. The molecule has 0 unspecified atom stereocenters. The summed E-state index contributed by atoms with van der Waals surface area (Å²) >= 11 is 0. The van der Waals surface area contributed by atoms with Crippen LogP contribution in [0.25, 0.3) is 22.2 Å². The van der Waals surface area contributed by atoms with Gasteiger partial charge in [0.05, 0.1) is 12.2 Å². The number of nitrogens with zero attached hydrogens (tertiary/aromatic N) is 2. The van der Waals surface area contributed by atoms with Gasteiger partial charge < -0.3 is 19.1 Å². The molecule has 0 aliphatic rings. The number of rotatable bonds is 7. The molecular formula is C23H17F3N2O4. The Morgan fingerprint density at radius 1 is 1.00 bits per heavy atom. The lowest BCUT2D eigenvalue weighted by Gasteiger charge is -2.12. The Hall–Kier alpha value is -4.01. The fourth-order valence-corrected chi connectivity index (χ4v) is 3.37. The number of fused-ring (bicyclic) bond motifs is 1. The smallest absolute Gasteiger partial charge is 0.492 e. The molecule has 6 nitrogen and oxygen atoms in total. The highest BCUT2D eigenvalue weighted by atomic mass is 19.4. The molecule has 4 rings (SSSR count). The average molecular weight is 442 g/mol. The maximum atomic E-state index is 12.2. The summed E-state index contributed by atoms with van der Waals surface area (Å²) in [5.74, 6) is -1.09. The predicted molar refractivity (Wildman–Crippen MR) is 111 cm³/mol. The number of benzene rings is 2. The average Bonchev–Trinajstić information content (AvgIpc) is 3.13. The number of alkyl halides is 3. The van der Waals surface area contributed by atoms with Crippen molar-refractivity contribution in [3.63, 3.8) is 0 Å².